The second-order valence-corrected chi connectivity index (χ2v) is 5.25. The molecule has 0 aromatic carbocycles. The molecule has 7 nitrogen and oxygen atoms in total. The van der Waals surface area contributed by atoms with Crippen molar-refractivity contribution in [1.29, 1.82) is 0 Å². The summed E-state index contributed by atoms with van der Waals surface area (Å²) >= 11 is 0. The zero-order chi connectivity index (χ0) is 15.1. The Labute approximate surface area is 118 Å². The average Bonchev–Trinajstić information content (AvgIpc) is 2.42. The monoisotopic (exact) mass is 285 g/mol. The summed E-state index contributed by atoms with van der Waals surface area (Å²) in [6.45, 7) is 0.633. The van der Waals surface area contributed by atoms with Crippen LogP contribution in [0.15, 0.2) is 0 Å². The summed E-state index contributed by atoms with van der Waals surface area (Å²) in [5, 5.41) is 14.4. The Balaban J connectivity index is 2.34. The lowest BCUT2D eigenvalue weighted by Crippen LogP contribution is -2.43. The number of carboxylic acids is 1. The number of nitrogens with zero attached hydrogens (tertiary/aromatic N) is 1. The molecule has 3 amide bonds. The molecule has 1 saturated carbocycles. The highest BCUT2D eigenvalue weighted by Gasteiger charge is 2.35. The van der Waals surface area contributed by atoms with Gasteiger partial charge in [-0.05, 0) is 12.8 Å². The van der Waals surface area contributed by atoms with Crippen LogP contribution >= 0.6 is 0 Å². The van der Waals surface area contributed by atoms with Gasteiger partial charge in [-0.15, -0.1) is 0 Å². The van der Waals surface area contributed by atoms with Gasteiger partial charge in [0, 0.05) is 27.2 Å². The highest BCUT2D eigenvalue weighted by Crippen LogP contribution is 2.30. The molecular formula is C13H23N3O4. The maximum atomic E-state index is 12.0. The minimum absolute atomic E-state index is 0.222. The van der Waals surface area contributed by atoms with E-state index in [0.717, 1.165) is 12.8 Å². The van der Waals surface area contributed by atoms with Gasteiger partial charge in [-0.25, -0.2) is 4.79 Å². The summed E-state index contributed by atoms with van der Waals surface area (Å²) in [6, 6.07) is -0.222. The summed E-state index contributed by atoms with van der Waals surface area (Å²) in [5.74, 6) is -2.16. The fraction of sp³-hybridized carbons (Fsp3) is 0.769. The predicted molar refractivity (Wildman–Crippen MR) is 73.2 cm³/mol. The van der Waals surface area contributed by atoms with E-state index in [4.69, 9.17) is 5.11 Å². The number of rotatable bonds is 5. The van der Waals surface area contributed by atoms with Gasteiger partial charge in [-0.1, -0.05) is 12.8 Å². The van der Waals surface area contributed by atoms with E-state index in [2.05, 4.69) is 10.6 Å². The molecule has 1 aliphatic carbocycles. The average molecular weight is 285 g/mol. The number of amides is 3. The standard InChI is InChI=1S/C13H23N3O4/c1-16(2)13(20)15-8-7-14-11(17)9-5-3-4-6-10(9)12(18)19/h9-10H,3-8H2,1-2H3,(H,14,17)(H,15,20)(H,18,19)/t9-,10+/m1/s1. The van der Waals surface area contributed by atoms with Gasteiger partial charge in [0.25, 0.3) is 0 Å². The highest BCUT2D eigenvalue weighted by molar-refractivity contribution is 5.84. The van der Waals surface area contributed by atoms with Crippen molar-refractivity contribution in [2.75, 3.05) is 27.2 Å². The van der Waals surface area contributed by atoms with E-state index in [1.807, 2.05) is 0 Å². The van der Waals surface area contributed by atoms with E-state index < -0.39 is 17.8 Å². The van der Waals surface area contributed by atoms with Gasteiger partial charge in [0.05, 0.1) is 11.8 Å². The highest BCUT2D eigenvalue weighted by atomic mass is 16.4. The Morgan fingerprint density at radius 2 is 1.60 bits per heavy atom. The summed E-state index contributed by atoms with van der Waals surface area (Å²) in [4.78, 5) is 35.8. The van der Waals surface area contributed by atoms with Crippen molar-refractivity contribution in [3.63, 3.8) is 0 Å². The minimum atomic E-state index is -0.897. The summed E-state index contributed by atoms with van der Waals surface area (Å²) < 4.78 is 0. The maximum Gasteiger partial charge on any atom is 0.316 e. The molecule has 0 unspecified atom stereocenters. The van der Waals surface area contributed by atoms with Gasteiger partial charge >= 0.3 is 12.0 Å². The lowest BCUT2D eigenvalue weighted by molar-refractivity contribution is -0.148. The van der Waals surface area contributed by atoms with Crippen LogP contribution in [0.4, 0.5) is 4.79 Å². The number of urea groups is 1. The molecule has 2 atom stereocenters. The number of nitrogens with one attached hydrogen (secondary N) is 2. The van der Waals surface area contributed by atoms with Gasteiger partial charge in [0.1, 0.15) is 0 Å². The van der Waals surface area contributed by atoms with E-state index in [9.17, 15) is 14.4 Å². The molecule has 0 heterocycles. The van der Waals surface area contributed by atoms with Crippen molar-refractivity contribution < 1.29 is 19.5 Å². The van der Waals surface area contributed by atoms with Crippen LogP contribution in [-0.4, -0.2) is 55.1 Å². The Bertz CT molecular complexity index is 371. The van der Waals surface area contributed by atoms with Crippen molar-refractivity contribution in [2.24, 2.45) is 11.8 Å². The maximum absolute atomic E-state index is 12.0. The van der Waals surface area contributed by atoms with Gasteiger partial charge < -0.3 is 20.6 Å². The third-order valence-corrected chi connectivity index (χ3v) is 3.53. The quantitative estimate of drug-likeness (QED) is 0.631. The first-order valence-electron chi connectivity index (χ1n) is 6.89. The Hall–Kier alpha value is -1.79. The lowest BCUT2D eigenvalue weighted by atomic mass is 9.79. The number of carbonyl (C=O) groups is 3. The Kier molecular flexibility index (Phi) is 6.27. The topological polar surface area (TPSA) is 98.7 Å². The van der Waals surface area contributed by atoms with Crippen molar-refractivity contribution in [3.8, 4) is 0 Å². The third kappa shape index (κ3) is 4.71. The molecule has 0 aromatic heterocycles. The fourth-order valence-corrected chi connectivity index (χ4v) is 2.38. The number of hydrogen-bond acceptors (Lipinski definition) is 3. The Morgan fingerprint density at radius 1 is 1.05 bits per heavy atom. The third-order valence-electron chi connectivity index (χ3n) is 3.53. The van der Waals surface area contributed by atoms with Crippen LogP contribution in [0.3, 0.4) is 0 Å². The predicted octanol–water partition coefficient (Wildman–Crippen LogP) is 0.265. The largest absolute Gasteiger partial charge is 0.481 e. The molecular weight excluding hydrogens is 262 g/mol. The SMILES string of the molecule is CN(C)C(=O)NCCNC(=O)[C@@H]1CCCC[C@@H]1C(=O)O. The lowest BCUT2D eigenvalue weighted by Gasteiger charge is -2.27. The summed E-state index contributed by atoms with van der Waals surface area (Å²) in [5.41, 5.74) is 0. The van der Waals surface area contributed by atoms with E-state index in [0.29, 0.717) is 25.9 Å². The van der Waals surface area contributed by atoms with Crippen molar-refractivity contribution in [1.82, 2.24) is 15.5 Å². The van der Waals surface area contributed by atoms with Crippen LogP contribution in [0.5, 0.6) is 0 Å². The molecule has 20 heavy (non-hydrogen) atoms. The van der Waals surface area contributed by atoms with Crippen molar-refractivity contribution in [2.45, 2.75) is 25.7 Å². The second-order valence-electron chi connectivity index (χ2n) is 5.25. The van der Waals surface area contributed by atoms with Crippen molar-refractivity contribution in [3.05, 3.63) is 0 Å². The molecule has 1 aliphatic rings. The molecule has 1 rings (SSSR count). The van der Waals surface area contributed by atoms with E-state index in [-0.39, 0.29) is 11.9 Å². The number of carboxylic acid groups (broad SMARTS) is 1. The Morgan fingerprint density at radius 3 is 2.15 bits per heavy atom. The first-order chi connectivity index (χ1) is 9.43. The van der Waals surface area contributed by atoms with E-state index >= 15 is 0 Å². The summed E-state index contributed by atoms with van der Waals surface area (Å²) in [6.07, 6.45) is 2.93. The molecule has 0 spiro atoms. The van der Waals surface area contributed by atoms with E-state index in [1.165, 1.54) is 4.90 Å². The van der Waals surface area contributed by atoms with Crippen LogP contribution < -0.4 is 10.6 Å². The number of hydrogen-bond donors (Lipinski definition) is 3. The zero-order valence-electron chi connectivity index (χ0n) is 12.0. The molecule has 1 fully saturated rings. The van der Waals surface area contributed by atoms with Gasteiger partial charge in [0.2, 0.25) is 5.91 Å². The normalized spacial score (nSPS) is 21.9. The fourth-order valence-electron chi connectivity index (χ4n) is 2.38. The smallest absolute Gasteiger partial charge is 0.316 e. The van der Waals surface area contributed by atoms with Crippen LogP contribution in [0.25, 0.3) is 0 Å². The first-order valence-corrected chi connectivity index (χ1v) is 6.89. The zero-order valence-corrected chi connectivity index (χ0v) is 12.0. The second kappa shape index (κ2) is 7.72. The van der Waals surface area contributed by atoms with Gasteiger partial charge in [-0.2, -0.15) is 0 Å². The van der Waals surface area contributed by atoms with Crippen LogP contribution in [-0.2, 0) is 9.59 Å². The van der Waals surface area contributed by atoms with Gasteiger partial charge in [0.15, 0.2) is 0 Å². The molecule has 7 heteroatoms. The molecule has 0 radical (unpaired) electrons. The molecule has 0 aromatic rings. The molecule has 114 valence electrons. The number of aliphatic carboxylic acids is 1. The van der Waals surface area contributed by atoms with Crippen LogP contribution in [0.1, 0.15) is 25.7 Å². The molecule has 0 saturated heterocycles. The summed E-state index contributed by atoms with van der Waals surface area (Å²) in [7, 11) is 3.26. The number of carbonyl (C=O) groups excluding carboxylic acids is 2. The van der Waals surface area contributed by atoms with Crippen molar-refractivity contribution >= 4 is 17.9 Å². The minimum Gasteiger partial charge on any atom is -0.481 e. The molecule has 0 aliphatic heterocycles. The van der Waals surface area contributed by atoms with Crippen LogP contribution in [0.2, 0.25) is 0 Å². The van der Waals surface area contributed by atoms with Crippen LogP contribution in [0, 0.1) is 11.8 Å². The first kappa shape index (κ1) is 16.3. The van der Waals surface area contributed by atoms with Gasteiger partial charge in [-0.3, -0.25) is 9.59 Å². The molecule has 0 bridgehead atoms. The van der Waals surface area contributed by atoms with E-state index in [1.54, 1.807) is 14.1 Å². The molecule has 3 N–H and O–H groups in total.